The van der Waals surface area contributed by atoms with Crippen molar-refractivity contribution in [2.75, 3.05) is 11.9 Å². The number of aromatic nitrogens is 2. The molecule has 0 spiro atoms. The summed E-state index contributed by atoms with van der Waals surface area (Å²) in [5, 5.41) is 11.4. The van der Waals surface area contributed by atoms with Gasteiger partial charge in [-0.05, 0) is 37.1 Å². The first-order valence-corrected chi connectivity index (χ1v) is 6.12. The van der Waals surface area contributed by atoms with E-state index in [1.165, 1.54) is 0 Å². The minimum absolute atomic E-state index is 0.221. The summed E-state index contributed by atoms with van der Waals surface area (Å²) in [6.07, 6.45) is 0. The number of pyridine rings is 1. The zero-order valence-corrected chi connectivity index (χ0v) is 11.3. The Bertz CT molecular complexity index is 693. The van der Waals surface area contributed by atoms with E-state index in [-0.39, 0.29) is 12.5 Å². The molecule has 0 aliphatic carbocycles. The molecular weight excluding hydrogens is 254 g/mol. The molecule has 102 valence electrons. The number of carbonyl (C=O) groups is 1. The molecule has 0 saturated carbocycles. The summed E-state index contributed by atoms with van der Waals surface area (Å²) in [5.74, 6) is 5.42. The van der Waals surface area contributed by atoms with Gasteiger partial charge in [-0.3, -0.25) is 4.79 Å². The molecule has 2 aromatic rings. The Morgan fingerprint density at radius 2 is 2.20 bits per heavy atom. The molecule has 0 saturated heterocycles. The molecule has 5 heteroatoms. The van der Waals surface area contributed by atoms with Gasteiger partial charge in [-0.25, -0.2) is 4.98 Å². The molecule has 0 bridgehead atoms. The van der Waals surface area contributed by atoms with Crippen molar-refractivity contribution in [2.24, 2.45) is 7.05 Å². The number of anilines is 1. The second kappa shape index (κ2) is 6.04. The number of hydrogen-bond donors (Lipinski definition) is 2. The van der Waals surface area contributed by atoms with Crippen LogP contribution in [0.2, 0.25) is 0 Å². The summed E-state index contributed by atoms with van der Waals surface area (Å²) in [5.41, 5.74) is 2.07. The summed E-state index contributed by atoms with van der Waals surface area (Å²) < 4.78 is 1.81. The van der Waals surface area contributed by atoms with E-state index in [4.69, 9.17) is 5.11 Å². The fourth-order valence-corrected chi connectivity index (χ4v) is 1.73. The van der Waals surface area contributed by atoms with Crippen LogP contribution in [0.1, 0.15) is 21.9 Å². The van der Waals surface area contributed by atoms with E-state index in [1.807, 2.05) is 24.6 Å². The van der Waals surface area contributed by atoms with Crippen molar-refractivity contribution in [2.45, 2.75) is 6.92 Å². The highest BCUT2D eigenvalue weighted by molar-refractivity contribution is 6.02. The third-order valence-electron chi connectivity index (χ3n) is 2.89. The van der Waals surface area contributed by atoms with Gasteiger partial charge in [0.15, 0.2) is 0 Å². The average molecular weight is 269 g/mol. The fraction of sp³-hybridized carbons (Fsp3) is 0.200. The molecule has 0 radical (unpaired) electrons. The van der Waals surface area contributed by atoms with Gasteiger partial charge in [-0.1, -0.05) is 12.0 Å². The standard InChI is InChI=1S/C15H15N3O2/c1-11-8-9-13(18(11)2)15(20)17-14-7-3-5-12(16-14)6-4-10-19/h3,5,7-9,19H,10H2,1-2H3,(H,16,17,20). The molecule has 2 N–H and O–H groups in total. The molecule has 5 nitrogen and oxygen atoms in total. The van der Waals surface area contributed by atoms with Gasteiger partial charge in [-0.15, -0.1) is 0 Å². The van der Waals surface area contributed by atoms with Gasteiger partial charge in [0.1, 0.15) is 23.8 Å². The van der Waals surface area contributed by atoms with Crippen LogP contribution in [0.3, 0.4) is 0 Å². The van der Waals surface area contributed by atoms with E-state index < -0.39 is 0 Å². The first-order valence-electron chi connectivity index (χ1n) is 6.12. The van der Waals surface area contributed by atoms with Crippen molar-refractivity contribution < 1.29 is 9.90 Å². The number of hydrogen-bond acceptors (Lipinski definition) is 3. The van der Waals surface area contributed by atoms with Crippen molar-refractivity contribution >= 4 is 11.7 Å². The lowest BCUT2D eigenvalue weighted by atomic mass is 10.3. The Kier molecular flexibility index (Phi) is 4.18. The number of aliphatic hydroxyl groups excluding tert-OH is 1. The maximum atomic E-state index is 12.1. The summed E-state index contributed by atoms with van der Waals surface area (Å²) in [6.45, 7) is 1.71. The van der Waals surface area contributed by atoms with Gasteiger partial charge < -0.3 is 15.0 Å². The van der Waals surface area contributed by atoms with Crippen LogP contribution in [0, 0.1) is 18.8 Å². The number of rotatable bonds is 2. The molecule has 2 heterocycles. The van der Waals surface area contributed by atoms with Crippen LogP contribution in [0.4, 0.5) is 5.82 Å². The van der Waals surface area contributed by atoms with Gasteiger partial charge >= 0.3 is 0 Å². The Morgan fingerprint density at radius 1 is 1.40 bits per heavy atom. The second-order valence-electron chi connectivity index (χ2n) is 4.24. The van der Waals surface area contributed by atoms with Crippen molar-refractivity contribution in [3.63, 3.8) is 0 Å². The zero-order chi connectivity index (χ0) is 14.5. The van der Waals surface area contributed by atoms with E-state index in [2.05, 4.69) is 22.1 Å². The van der Waals surface area contributed by atoms with Crippen molar-refractivity contribution in [1.29, 1.82) is 0 Å². The number of nitrogens with zero attached hydrogens (tertiary/aromatic N) is 2. The summed E-state index contributed by atoms with van der Waals surface area (Å²) in [4.78, 5) is 16.3. The number of amides is 1. The molecular formula is C15H15N3O2. The topological polar surface area (TPSA) is 67.2 Å². The van der Waals surface area contributed by atoms with Crippen LogP contribution in [0.5, 0.6) is 0 Å². The lowest BCUT2D eigenvalue weighted by molar-refractivity contribution is 0.101. The smallest absolute Gasteiger partial charge is 0.273 e. The molecule has 2 aromatic heterocycles. The van der Waals surface area contributed by atoms with Crippen LogP contribution < -0.4 is 5.32 Å². The third kappa shape index (κ3) is 3.05. The number of carbonyl (C=O) groups excluding carboxylic acids is 1. The summed E-state index contributed by atoms with van der Waals surface area (Å²) in [6, 6.07) is 8.80. The first kappa shape index (κ1) is 13.8. The van der Waals surface area contributed by atoms with E-state index in [9.17, 15) is 4.79 Å². The Balaban J connectivity index is 2.18. The quantitative estimate of drug-likeness (QED) is 0.808. The van der Waals surface area contributed by atoms with E-state index in [0.29, 0.717) is 17.2 Å². The molecule has 2 rings (SSSR count). The summed E-state index contributed by atoms with van der Waals surface area (Å²) >= 11 is 0. The van der Waals surface area contributed by atoms with E-state index >= 15 is 0 Å². The van der Waals surface area contributed by atoms with Crippen LogP contribution in [-0.2, 0) is 7.05 Å². The number of aryl methyl sites for hydroxylation is 1. The van der Waals surface area contributed by atoms with Gasteiger partial charge in [0.25, 0.3) is 5.91 Å². The van der Waals surface area contributed by atoms with Crippen molar-refractivity contribution in [1.82, 2.24) is 9.55 Å². The monoisotopic (exact) mass is 269 g/mol. The summed E-state index contributed by atoms with van der Waals surface area (Å²) in [7, 11) is 1.83. The minimum Gasteiger partial charge on any atom is -0.384 e. The predicted octanol–water partition coefficient (Wildman–Crippen LogP) is 1.32. The molecule has 0 atom stereocenters. The maximum Gasteiger partial charge on any atom is 0.273 e. The zero-order valence-electron chi connectivity index (χ0n) is 11.3. The molecule has 0 fully saturated rings. The van der Waals surface area contributed by atoms with Gasteiger partial charge in [-0.2, -0.15) is 0 Å². The van der Waals surface area contributed by atoms with E-state index in [0.717, 1.165) is 5.69 Å². The van der Waals surface area contributed by atoms with Crippen LogP contribution >= 0.6 is 0 Å². The minimum atomic E-state index is -0.222. The maximum absolute atomic E-state index is 12.1. The first-order chi connectivity index (χ1) is 9.61. The predicted molar refractivity (Wildman–Crippen MR) is 76.3 cm³/mol. The fourth-order valence-electron chi connectivity index (χ4n) is 1.73. The molecule has 0 aromatic carbocycles. The average Bonchev–Trinajstić information content (AvgIpc) is 2.77. The SMILES string of the molecule is Cc1ccc(C(=O)Nc2cccc(C#CCO)n2)n1C. The normalized spacial score (nSPS) is 9.75. The van der Waals surface area contributed by atoms with Gasteiger partial charge in [0, 0.05) is 12.7 Å². The van der Waals surface area contributed by atoms with Gasteiger partial charge in [0.05, 0.1) is 0 Å². The highest BCUT2D eigenvalue weighted by atomic mass is 16.2. The second-order valence-corrected chi connectivity index (χ2v) is 4.24. The van der Waals surface area contributed by atoms with Gasteiger partial charge in [0.2, 0.25) is 0 Å². The Morgan fingerprint density at radius 3 is 2.85 bits per heavy atom. The Hall–Kier alpha value is -2.58. The largest absolute Gasteiger partial charge is 0.384 e. The van der Waals surface area contributed by atoms with Crippen molar-refractivity contribution in [3.8, 4) is 11.8 Å². The van der Waals surface area contributed by atoms with E-state index in [1.54, 1.807) is 24.3 Å². The molecule has 20 heavy (non-hydrogen) atoms. The number of nitrogens with one attached hydrogen (secondary N) is 1. The molecule has 0 aliphatic heterocycles. The third-order valence-corrected chi connectivity index (χ3v) is 2.89. The molecule has 0 aliphatic rings. The Labute approximate surface area is 117 Å². The van der Waals surface area contributed by atoms with Crippen molar-refractivity contribution in [3.05, 3.63) is 47.4 Å². The molecule has 1 amide bonds. The lowest BCUT2D eigenvalue weighted by Crippen LogP contribution is -2.16. The highest BCUT2D eigenvalue weighted by Crippen LogP contribution is 2.10. The highest BCUT2D eigenvalue weighted by Gasteiger charge is 2.11. The van der Waals surface area contributed by atoms with Crippen LogP contribution in [0.25, 0.3) is 0 Å². The lowest BCUT2D eigenvalue weighted by Gasteiger charge is -2.06. The number of aliphatic hydroxyl groups is 1. The van der Waals surface area contributed by atoms with Crippen LogP contribution in [-0.4, -0.2) is 27.2 Å². The molecule has 0 unspecified atom stereocenters. The van der Waals surface area contributed by atoms with Crippen LogP contribution in [0.15, 0.2) is 30.3 Å².